The fourth-order valence-corrected chi connectivity index (χ4v) is 4.58. The number of likely N-dealkylation sites (N-methyl/N-ethyl adjacent to an activating group) is 1. The molecule has 1 aromatic heterocycles. The number of hydrogen-bond donors (Lipinski definition) is 1. The topological polar surface area (TPSA) is 50.5 Å². The zero-order valence-corrected chi connectivity index (χ0v) is 22.0. The lowest BCUT2D eigenvalue weighted by Gasteiger charge is -2.22. The van der Waals surface area contributed by atoms with Gasteiger partial charge in [0.1, 0.15) is 10.7 Å². The molecule has 4 rings (SSSR count). The van der Waals surface area contributed by atoms with Gasteiger partial charge in [0.05, 0.1) is 29.2 Å². The summed E-state index contributed by atoms with van der Waals surface area (Å²) in [5.41, 5.74) is 3.93. The molecule has 1 atom stereocenters. The Labute approximate surface area is 224 Å². The molecule has 35 heavy (non-hydrogen) atoms. The summed E-state index contributed by atoms with van der Waals surface area (Å²) < 4.78 is 7.09. The van der Waals surface area contributed by atoms with Crippen LogP contribution in [0.1, 0.15) is 17.2 Å². The van der Waals surface area contributed by atoms with Crippen molar-refractivity contribution in [1.82, 2.24) is 14.8 Å². The molecule has 0 aliphatic rings. The van der Waals surface area contributed by atoms with Crippen molar-refractivity contribution in [2.45, 2.75) is 12.3 Å². The molecule has 0 saturated heterocycles. The second-order valence-electron chi connectivity index (χ2n) is 7.90. The van der Waals surface area contributed by atoms with Gasteiger partial charge >= 0.3 is 0 Å². The van der Waals surface area contributed by atoms with Gasteiger partial charge in [-0.05, 0) is 54.1 Å². The number of rotatable bonds is 7. The molecule has 0 radical (unpaired) electrons. The average molecular weight is 547 g/mol. The lowest BCUT2D eigenvalue weighted by Crippen LogP contribution is -2.28. The van der Waals surface area contributed by atoms with E-state index in [0.29, 0.717) is 32.2 Å². The molecule has 3 aromatic carbocycles. The summed E-state index contributed by atoms with van der Waals surface area (Å²) >= 11 is 24.7. The Kier molecular flexibility index (Phi) is 7.99. The van der Waals surface area contributed by atoms with Crippen LogP contribution in [0.2, 0.25) is 15.1 Å². The number of nitrogens with zero attached hydrogens (tertiary/aromatic N) is 3. The van der Waals surface area contributed by atoms with Gasteiger partial charge in [-0.3, -0.25) is 10.3 Å². The Balaban J connectivity index is 1.83. The molecule has 0 saturated carbocycles. The van der Waals surface area contributed by atoms with E-state index >= 15 is 0 Å². The minimum Gasteiger partial charge on any atom is -0.497 e. The summed E-state index contributed by atoms with van der Waals surface area (Å²) in [6, 6.07) is 22.3. The van der Waals surface area contributed by atoms with E-state index in [1.54, 1.807) is 23.9 Å². The van der Waals surface area contributed by atoms with Crippen LogP contribution in [0.25, 0.3) is 16.9 Å². The summed E-state index contributed by atoms with van der Waals surface area (Å²) in [4.78, 5) is 0.343. The maximum absolute atomic E-state index is 10.1. The van der Waals surface area contributed by atoms with Crippen LogP contribution in [0.3, 0.4) is 0 Å². The van der Waals surface area contributed by atoms with E-state index in [9.17, 15) is 5.21 Å². The van der Waals surface area contributed by atoms with Crippen molar-refractivity contribution in [2.24, 2.45) is 0 Å². The molecule has 0 spiro atoms. The lowest BCUT2D eigenvalue weighted by atomic mass is 9.93. The van der Waals surface area contributed by atoms with Crippen LogP contribution in [0.5, 0.6) is 5.75 Å². The number of hydrogen-bond acceptors (Lipinski definition) is 4. The molecular weight excluding hydrogens is 525 g/mol. The Morgan fingerprint density at radius 2 is 1.54 bits per heavy atom. The van der Waals surface area contributed by atoms with Gasteiger partial charge in [-0.15, -0.1) is 0 Å². The normalized spacial score (nSPS) is 11.8. The van der Waals surface area contributed by atoms with E-state index in [1.807, 2.05) is 60.7 Å². The molecular formula is C26H22Cl3N3O2S. The Morgan fingerprint density at radius 1 is 0.971 bits per heavy atom. The average Bonchev–Trinajstić information content (AvgIpc) is 3.19. The van der Waals surface area contributed by atoms with E-state index in [0.717, 1.165) is 33.3 Å². The van der Waals surface area contributed by atoms with Gasteiger partial charge in [0.25, 0.3) is 0 Å². The Hall–Kier alpha value is -2.61. The number of halogens is 3. The van der Waals surface area contributed by atoms with Crippen molar-refractivity contribution in [1.29, 1.82) is 0 Å². The molecule has 0 aliphatic heterocycles. The zero-order valence-electron chi connectivity index (χ0n) is 19.0. The summed E-state index contributed by atoms with van der Waals surface area (Å²) in [7, 11) is 3.12. The summed E-state index contributed by atoms with van der Waals surface area (Å²) in [6.45, 7) is 0. The first kappa shape index (κ1) is 25.5. The summed E-state index contributed by atoms with van der Waals surface area (Å²) in [6.07, 6.45) is 0.369. The van der Waals surface area contributed by atoms with Crippen molar-refractivity contribution in [2.75, 3.05) is 14.2 Å². The molecule has 0 bridgehead atoms. The number of thiocarbonyl (C=S) groups is 1. The predicted molar refractivity (Wildman–Crippen MR) is 146 cm³/mol. The van der Waals surface area contributed by atoms with E-state index in [4.69, 9.17) is 56.9 Å². The lowest BCUT2D eigenvalue weighted by molar-refractivity contribution is 0.0131. The summed E-state index contributed by atoms with van der Waals surface area (Å²) in [5.74, 6) is 0.381. The van der Waals surface area contributed by atoms with Crippen molar-refractivity contribution in [3.05, 3.63) is 99.1 Å². The van der Waals surface area contributed by atoms with Gasteiger partial charge in [-0.2, -0.15) is 5.10 Å². The molecule has 9 heteroatoms. The predicted octanol–water partition coefficient (Wildman–Crippen LogP) is 7.48. The second-order valence-corrected chi connectivity index (χ2v) is 9.57. The Morgan fingerprint density at radius 3 is 2.09 bits per heavy atom. The molecule has 5 nitrogen and oxygen atoms in total. The van der Waals surface area contributed by atoms with Crippen LogP contribution in [0, 0.1) is 0 Å². The smallest absolute Gasteiger partial charge is 0.119 e. The number of hydroxylamine groups is 2. The SMILES string of the molecule is COc1ccc(-n2nc(CC(C(=S)N(C)O)c3ccc(Cl)cc3)c(Cl)c2-c2ccc(Cl)cc2)cc1. The van der Waals surface area contributed by atoms with E-state index in [2.05, 4.69) is 0 Å². The minimum atomic E-state index is -0.355. The van der Waals surface area contributed by atoms with Gasteiger partial charge in [0, 0.05) is 35.0 Å². The first-order valence-electron chi connectivity index (χ1n) is 10.7. The van der Waals surface area contributed by atoms with Crippen molar-refractivity contribution in [3.63, 3.8) is 0 Å². The third-order valence-corrected chi connectivity index (χ3v) is 7.07. The number of methoxy groups -OCH3 is 1. The standard InChI is InChI=1S/C26H22Cl3N3O2S/c1-31(33)26(35)22(16-3-7-18(27)8-4-16)15-23-24(29)25(17-5-9-19(28)10-6-17)32(30-23)20-11-13-21(34-2)14-12-20/h3-14,22,33H,15H2,1-2H3. The summed E-state index contributed by atoms with van der Waals surface area (Å²) in [5, 5.41) is 17.7. The molecule has 0 aliphatic carbocycles. The van der Waals surface area contributed by atoms with Gasteiger partial charge in [0.15, 0.2) is 0 Å². The first-order chi connectivity index (χ1) is 16.8. The molecule has 1 unspecified atom stereocenters. The van der Waals surface area contributed by atoms with Gasteiger partial charge in [-0.1, -0.05) is 71.3 Å². The van der Waals surface area contributed by atoms with Crippen LogP contribution in [-0.2, 0) is 6.42 Å². The minimum absolute atomic E-state index is 0.343. The van der Waals surface area contributed by atoms with E-state index in [-0.39, 0.29) is 5.92 Å². The fraction of sp³-hybridized carbons (Fsp3) is 0.154. The molecule has 0 fully saturated rings. The highest BCUT2D eigenvalue weighted by molar-refractivity contribution is 7.80. The third kappa shape index (κ3) is 5.63. The van der Waals surface area contributed by atoms with Crippen LogP contribution in [0.15, 0.2) is 72.8 Å². The fourth-order valence-electron chi connectivity index (χ4n) is 3.80. The van der Waals surface area contributed by atoms with E-state index < -0.39 is 0 Å². The number of ether oxygens (including phenoxy) is 1. The van der Waals surface area contributed by atoms with Crippen LogP contribution >= 0.6 is 47.0 Å². The van der Waals surface area contributed by atoms with Gasteiger partial charge in [-0.25, -0.2) is 4.68 Å². The van der Waals surface area contributed by atoms with Crippen LogP contribution < -0.4 is 4.74 Å². The van der Waals surface area contributed by atoms with E-state index in [1.165, 1.54) is 7.05 Å². The third-order valence-electron chi connectivity index (χ3n) is 5.62. The molecule has 0 amide bonds. The maximum Gasteiger partial charge on any atom is 0.119 e. The largest absolute Gasteiger partial charge is 0.497 e. The second kappa shape index (κ2) is 11.0. The first-order valence-corrected chi connectivity index (χ1v) is 12.2. The highest BCUT2D eigenvalue weighted by atomic mass is 35.5. The van der Waals surface area contributed by atoms with Gasteiger partial charge in [0.2, 0.25) is 0 Å². The van der Waals surface area contributed by atoms with Crippen molar-refractivity contribution >= 4 is 52.0 Å². The zero-order chi connectivity index (χ0) is 25.1. The van der Waals surface area contributed by atoms with Crippen LogP contribution in [0.4, 0.5) is 0 Å². The molecule has 1 N–H and O–H groups in total. The quantitative estimate of drug-likeness (QED) is 0.192. The molecule has 4 aromatic rings. The van der Waals surface area contributed by atoms with Crippen molar-refractivity contribution in [3.8, 4) is 22.7 Å². The number of benzene rings is 3. The maximum atomic E-state index is 10.1. The molecule has 180 valence electrons. The van der Waals surface area contributed by atoms with Gasteiger partial charge < -0.3 is 4.74 Å². The molecule has 1 heterocycles. The highest BCUT2D eigenvalue weighted by Crippen LogP contribution is 2.37. The highest BCUT2D eigenvalue weighted by Gasteiger charge is 2.26. The van der Waals surface area contributed by atoms with Crippen molar-refractivity contribution < 1.29 is 9.94 Å². The number of aromatic nitrogens is 2. The Bertz CT molecular complexity index is 1320. The van der Waals surface area contributed by atoms with Crippen LogP contribution in [-0.4, -0.2) is 39.2 Å². The monoisotopic (exact) mass is 545 g/mol.